The first-order valence-electron chi connectivity index (χ1n) is 4.18. The van der Waals surface area contributed by atoms with E-state index >= 15 is 0 Å². The lowest BCUT2D eigenvalue weighted by Gasteiger charge is -2.09. The molecule has 16 heavy (non-hydrogen) atoms. The van der Waals surface area contributed by atoms with Gasteiger partial charge in [0, 0.05) is 7.11 Å². The molecule has 1 aromatic rings. The molecule has 0 spiro atoms. The van der Waals surface area contributed by atoms with Crippen LogP contribution in [0.1, 0.15) is 12.6 Å². The number of H-pyrrole nitrogens is 1. The fourth-order valence-corrected chi connectivity index (χ4v) is 0.591. The first-order valence-corrected chi connectivity index (χ1v) is 4.18. The van der Waals surface area contributed by atoms with E-state index in [4.69, 9.17) is 9.47 Å². The largest absolute Gasteiger partial charge is 0.673 e. The summed E-state index contributed by atoms with van der Waals surface area (Å²) in [6, 6.07) is 0. The number of hydrogen-bond donors (Lipinski definition) is 1. The summed E-state index contributed by atoms with van der Waals surface area (Å²) in [5, 5.41) is 10.00. The van der Waals surface area contributed by atoms with Crippen LogP contribution in [-0.2, 0) is 4.74 Å². The van der Waals surface area contributed by atoms with Gasteiger partial charge in [-0.2, -0.15) is 10.3 Å². The minimum atomic E-state index is -6.00. The van der Waals surface area contributed by atoms with E-state index in [2.05, 4.69) is 15.4 Å². The van der Waals surface area contributed by atoms with Crippen LogP contribution in [-0.4, -0.2) is 36.1 Å². The molecule has 0 bridgehead atoms. The van der Waals surface area contributed by atoms with Crippen molar-refractivity contribution in [1.82, 2.24) is 15.4 Å². The van der Waals surface area contributed by atoms with Gasteiger partial charge in [-0.3, -0.25) is 0 Å². The van der Waals surface area contributed by atoms with Gasteiger partial charge in [0.2, 0.25) is 0 Å². The van der Waals surface area contributed by atoms with Gasteiger partial charge >= 0.3 is 7.25 Å². The lowest BCUT2D eigenvalue weighted by molar-refractivity contribution is -0.0414. The third kappa shape index (κ3) is 8.03. The Morgan fingerprint density at radius 2 is 1.75 bits per heavy atom. The molecule has 0 aliphatic carbocycles. The average Bonchev–Trinajstić information content (AvgIpc) is 2.49. The van der Waals surface area contributed by atoms with Gasteiger partial charge in [-0.15, -0.1) is 5.10 Å². The Hall–Kier alpha value is -1.32. The van der Waals surface area contributed by atoms with Crippen molar-refractivity contribution in [1.29, 1.82) is 0 Å². The van der Waals surface area contributed by atoms with E-state index < -0.39 is 7.25 Å². The predicted molar refractivity (Wildman–Crippen MR) is 48.4 cm³/mol. The number of rotatable bonds is 3. The average molecular weight is 244 g/mol. The molecule has 5 nitrogen and oxygen atoms in total. The number of methoxy groups -OCH3 is 1. The molecule has 0 aliphatic heterocycles. The summed E-state index contributed by atoms with van der Waals surface area (Å²) in [4.78, 5) is 0. The van der Waals surface area contributed by atoms with Gasteiger partial charge in [-0.05, 0) is 13.8 Å². The van der Waals surface area contributed by atoms with Crippen molar-refractivity contribution in [2.24, 2.45) is 0 Å². The number of aromatic amines is 1. The second-order valence-electron chi connectivity index (χ2n) is 2.63. The van der Waals surface area contributed by atoms with E-state index in [9.17, 15) is 17.3 Å². The number of nitrogens with one attached hydrogen (secondary N) is 1. The fourth-order valence-electron chi connectivity index (χ4n) is 0.591. The van der Waals surface area contributed by atoms with Crippen molar-refractivity contribution in [2.75, 3.05) is 7.11 Å². The van der Waals surface area contributed by atoms with Crippen molar-refractivity contribution >= 4 is 7.25 Å². The first kappa shape index (κ1) is 14.7. The second kappa shape index (κ2) is 6.31. The predicted octanol–water partition coefficient (Wildman–Crippen LogP) is 1.78. The zero-order valence-corrected chi connectivity index (χ0v) is 8.88. The highest BCUT2D eigenvalue weighted by atomic mass is 19.5. The van der Waals surface area contributed by atoms with E-state index in [1.165, 1.54) is 0 Å². The molecule has 1 atom stereocenters. The maximum Gasteiger partial charge on any atom is 0.673 e. The molecule has 0 saturated heterocycles. The summed E-state index contributed by atoms with van der Waals surface area (Å²) in [6.07, 6.45) is -0.293. The number of ether oxygens (including phenoxy) is 2. The van der Waals surface area contributed by atoms with Crippen molar-refractivity contribution in [3.05, 3.63) is 5.69 Å². The molecular weight excluding hydrogens is 233 g/mol. The number of nitrogens with zero attached hydrogens (tertiary/aromatic N) is 2. The first-order chi connectivity index (χ1) is 7.24. The quantitative estimate of drug-likeness (QED) is 0.500. The van der Waals surface area contributed by atoms with E-state index in [1.807, 2.05) is 0 Å². The molecule has 0 aliphatic rings. The van der Waals surface area contributed by atoms with E-state index in [0.717, 1.165) is 5.69 Å². The second-order valence-corrected chi connectivity index (χ2v) is 2.63. The number of aromatic nitrogens is 3. The van der Waals surface area contributed by atoms with Gasteiger partial charge in [-0.1, -0.05) is 0 Å². The lowest BCUT2D eigenvalue weighted by Crippen LogP contribution is -2.14. The van der Waals surface area contributed by atoms with E-state index in [-0.39, 0.29) is 6.29 Å². The topological polar surface area (TPSA) is 60.0 Å². The minimum Gasteiger partial charge on any atom is -0.446 e. The maximum atomic E-state index is 9.75. The summed E-state index contributed by atoms with van der Waals surface area (Å²) in [7, 11) is -4.43. The van der Waals surface area contributed by atoms with Crippen LogP contribution in [0, 0.1) is 6.92 Å². The maximum absolute atomic E-state index is 9.75. The molecule has 1 unspecified atom stereocenters. The smallest absolute Gasteiger partial charge is 0.446 e. The standard InChI is InChI=1S/C6H11N3O2.BF4/c1-4-6(8-9-7-4)11-5(2)10-3;2-1(3,4)5/h5H,1-3H3,(H,7,8,9);/q;-1. The van der Waals surface area contributed by atoms with Crippen LogP contribution in [0.4, 0.5) is 17.3 Å². The van der Waals surface area contributed by atoms with Gasteiger partial charge < -0.3 is 26.7 Å². The molecule has 94 valence electrons. The normalized spacial score (nSPS) is 12.7. The van der Waals surface area contributed by atoms with Crippen LogP contribution in [0.15, 0.2) is 0 Å². The van der Waals surface area contributed by atoms with E-state index in [1.54, 1.807) is 21.0 Å². The molecule has 0 radical (unpaired) electrons. The molecule has 0 fully saturated rings. The van der Waals surface area contributed by atoms with Gasteiger partial charge in [0.1, 0.15) is 5.69 Å². The van der Waals surface area contributed by atoms with Crippen LogP contribution in [0.2, 0.25) is 0 Å². The zero-order chi connectivity index (χ0) is 12.8. The highest BCUT2D eigenvalue weighted by molar-refractivity contribution is 6.50. The highest BCUT2D eigenvalue weighted by Gasteiger charge is 2.20. The fraction of sp³-hybridized carbons (Fsp3) is 0.667. The molecule has 1 aromatic heterocycles. The Kier molecular flexibility index (Phi) is 5.79. The van der Waals surface area contributed by atoms with Crippen molar-refractivity contribution < 1.29 is 26.7 Å². The van der Waals surface area contributed by atoms with Crippen LogP contribution < -0.4 is 4.74 Å². The summed E-state index contributed by atoms with van der Waals surface area (Å²) in [5.74, 6) is 0.486. The van der Waals surface area contributed by atoms with Gasteiger partial charge in [0.05, 0.1) is 0 Å². The Morgan fingerprint density at radius 1 is 1.25 bits per heavy atom. The summed E-state index contributed by atoms with van der Waals surface area (Å²) in [5.41, 5.74) is 0.730. The molecular formula is C6H11BF4N3O2-. The van der Waals surface area contributed by atoms with Crippen molar-refractivity contribution in [2.45, 2.75) is 20.1 Å². The zero-order valence-electron chi connectivity index (χ0n) is 8.88. The Balaban J connectivity index is 0.000000385. The van der Waals surface area contributed by atoms with Crippen molar-refractivity contribution in [3.63, 3.8) is 0 Å². The molecule has 0 aromatic carbocycles. The summed E-state index contributed by atoms with van der Waals surface area (Å²) < 4.78 is 49.1. The Bertz CT molecular complexity index is 300. The molecule has 1 N–H and O–H groups in total. The van der Waals surface area contributed by atoms with Gasteiger partial charge in [0.15, 0.2) is 6.29 Å². The van der Waals surface area contributed by atoms with Crippen LogP contribution in [0.3, 0.4) is 0 Å². The molecule has 0 amide bonds. The van der Waals surface area contributed by atoms with Crippen molar-refractivity contribution in [3.8, 4) is 5.88 Å². The molecule has 10 heteroatoms. The third-order valence-corrected chi connectivity index (χ3v) is 1.29. The molecule has 1 rings (SSSR count). The van der Waals surface area contributed by atoms with Gasteiger partial charge in [0.25, 0.3) is 5.88 Å². The minimum absolute atomic E-state index is 0.293. The third-order valence-electron chi connectivity index (χ3n) is 1.29. The number of hydrogen-bond acceptors (Lipinski definition) is 4. The van der Waals surface area contributed by atoms with Crippen LogP contribution in [0.5, 0.6) is 5.88 Å². The van der Waals surface area contributed by atoms with E-state index in [0.29, 0.717) is 5.88 Å². The Morgan fingerprint density at radius 3 is 2.06 bits per heavy atom. The molecule has 0 saturated carbocycles. The SMILES string of the molecule is COC(C)Oc1n[nH]nc1C.F[B-](F)(F)F. The van der Waals surface area contributed by atoms with Crippen LogP contribution in [0.25, 0.3) is 0 Å². The summed E-state index contributed by atoms with van der Waals surface area (Å²) >= 11 is 0. The van der Waals surface area contributed by atoms with Gasteiger partial charge in [-0.25, -0.2) is 0 Å². The lowest BCUT2D eigenvalue weighted by atomic mass is 10.3. The number of aryl methyl sites for hydroxylation is 1. The van der Waals surface area contributed by atoms with Crippen LogP contribution >= 0.6 is 0 Å². The number of halogens is 4. The summed E-state index contributed by atoms with van der Waals surface area (Å²) in [6.45, 7) is 3.59. The monoisotopic (exact) mass is 244 g/mol. The highest BCUT2D eigenvalue weighted by Crippen LogP contribution is 2.10. The Labute approximate surface area is 89.2 Å². The molecule has 1 heterocycles.